The summed E-state index contributed by atoms with van der Waals surface area (Å²) in [6, 6.07) is 4.21. The molecular weight excluding hydrogens is 522 g/mol. The van der Waals surface area contributed by atoms with E-state index in [9.17, 15) is 4.79 Å². The quantitative estimate of drug-likeness (QED) is 0.158. The molecule has 39 heavy (non-hydrogen) atoms. The standard InChI is InChI=1S/C19H29N5O3.2C2H2O4/c1-3-26-13-12-24-18-16(6-5-9-20-18)22-19(24)21-15-7-10-23(11-8-15)14-17(25)27-4-2;2*3-1(4)2(5)6/h5-6,9,15H,3-4,7-8,10-14H2,1-2H3,(H,21,22);2*(H,3,4)(H,5,6). The zero-order valence-corrected chi connectivity index (χ0v) is 21.6. The summed E-state index contributed by atoms with van der Waals surface area (Å²) < 4.78 is 12.6. The predicted octanol–water partition coefficient (Wildman–Crippen LogP) is 0.218. The van der Waals surface area contributed by atoms with E-state index in [0.717, 1.165) is 43.0 Å². The smallest absolute Gasteiger partial charge is 0.414 e. The lowest BCUT2D eigenvalue weighted by molar-refractivity contribution is -0.159. The molecule has 0 amide bonds. The van der Waals surface area contributed by atoms with Gasteiger partial charge in [-0.3, -0.25) is 14.3 Å². The van der Waals surface area contributed by atoms with Crippen LogP contribution in [0.3, 0.4) is 0 Å². The fourth-order valence-electron chi connectivity index (χ4n) is 3.39. The van der Waals surface area contributed by atoms with Crippen LogP contribution in [0, 0.1) is 0 Å². The van der Waals surface area contributed by atoms with Gasteiger partial charge in [0.1, 0.15) is 5.52 Å². The first-order chi connectivity index (χ1) is 18.5. The summed E-state index contributed by atoms with van der Waals surface area (Å²) in [5.41, 5.74) is 1.76. The molecular formula is C23H33N5O11. The Kier molecular flexibility index (Phi) is 14.5. The maximum atomic E-state index is 11.6. The van der Waals surface area contributed by atoms with E-state index in [1.807, 2.05) is 26.0 Å². The first-order valence-corrected chi connectivity index (χ1v) is 12.0. The monoisotopic (exact) mass is 555 g/mol. The maximum Gasteiger partial charge on any atom is 0.414 e. The molecule has 0 aliphatic carbocycles. The van der Waals surface area contributed by atoms with Gasteiger partial charge in [0, 0.05) is 31.9 Å². The van der Waals surface area contributed by atoms with E-state index in [-0.39, 0.29) is 5.97 Å². The van der Waals surface area contributed by atoms with Gasteiger partial charge in [0.15, 0.2) is 5.65 Å². The Balaban J connectivity index is 0.000000530. The number of aromatic nitrogens is 3. The lowest BCUT2D eigenvalue weighted by atomic mass is 10.1. The van der Waals surface area contributed by atoms with Crippen LogP contribution in [-0.4, -0.2) is 115 Å². The number of esters is 1. The molecule has 2 aromatic rings. The molecule has 1 saturated heterocycles. The maximum absolute atomic E-state index is 11.6. The molecule has 0 aromatic carbocycles. The number of fused-ring (bicyclic) bond motifs is 1. The van der Waals surface area contributed by atoms with Crippen molar-refractivity contribution in [3.63, 3.8) is 0 Å². The topological polar surface area (TPSA) is 231 Å². The number of piperidine rings is 1. The number of rotatable bonds is 9. The molecule has 0 spiro atoms. The minimum absolute atomic E-state index is 0.146. The number of likely N-dealkylation sites (tertiary alicyclic amines) is 1. The number of imidazole rings is 1. The summed E-state index contributed by atoms with van der Waals surface area (Å²) in [5, 5.41) is 33.1. The Morgan fingerprint density at radius 2 is 1.56 bits per heavy atom. The third-order valence-corrected chi connectivity index (χ3v) is 5.11. The second-order valence-electron chi connectivity index (χ2n) is 7.85. The molecule has 216 valence electrons. The van der Waals surface area contributed by atoms with Crippen molar-refractivity contribution in [1.29, 1.82) is 0 Å². The van der Waals surface area contributed by atoms with Crippen molar-refractivity contribution in [2.45, 2.75) is 39.3 Å². The van der Waals surface area contributed by atoms with Crippen molar-refractivity contribution >= 4 is 47.0 Å². The summed E-state index contributed by atoms with van der Waals surface area (Å²) in [6.45, 7) is 8.41. The molecule has 0 radical (unpaired) electrons. The lowest BCUT2D eigenvalue weighted by Gasteiger charge is -2.31. The summed E-state index contributed by atoms with van der Waals surface area (Å²) in [4.78, 5) is 59.4. The molecule has 0 saturated carbocycles. The fraction of sp³-hybridized carbons (Fsp3) is 0.522. The molecule has 1 aliphatic rings. The average molecular weight is 556 g/mol. The Bertz CT molecular complexity index is 1070. The summed E-state index contributed by atoms with van der Waals surface area (Å²) in [6.07, 6.45) is 3.71. The summed E-state index contributed by atoms with van der Waals surface area (Å²) >= 11 is 0. The average Bonchev–Trinajstić information content (AvgIpc) is 3.23. The number of hydrogen-bond acceptors (Lipinski definition) is 11. The number of carbonyl (C=O) groups is 5. The van der Waals surface area contributed by atoms with E-state index in [2.05, 4.69) is 19.8 Å². The van der Waals surface area contributed by atoms with Gasteiger partial charge in [-0.2, -0.15) is 0 Å². The van der Waals surface area contributed by atoms with Crippen molar-refractivity contribution in [3.05, 3.63) is 18.3 Å². The number of hydrogen-bond donors (Lipinski definition) is 5. The number of carbonyl (C=O) groups excluding carboxylic acids is 1. The largest absolute Gasteiger partial charge is 0.473 e. The number of aliphatic carboxylic acids is 4. The number of ether oxygens (including phenoxy) is 2. The lowest BCUT2D eigenvalue weighted by Crippen LogP contribution is -2.42. The number of carboxylic acid groups (broad SMARTS) is 4. The van der Waals surface area contributed by atoms with Crippen LogP contribution in [0.15, 0.2) is 18.3 Å². The Morgan fingerprint density at radius 3 is 2.08 bits per heavy atom. The van der Waals surface area contributed by atoms with E-state index in [1.54, 1.807) is 6.20 Å². The minimum Gasteiger partial charge on any atom is -0.473 e. The van der Waals surface area contributed by atoms with Crippen LogP contribution in [-0.2, 0) is 40.0 Å². The van der Waals surface area contributed by atoms with Crippen molar-refractivity contribution in [1.82, 2.24) is 19.4 Å². The molecule has 5 N–H and O–H groups in total. The molecule has 16 nitrogen and oxygen atoms in total. The van der Waals surface area contributed by atoms with E-state index < -0.39 is 23.9 Å². The Labute approximate surface area is 223 Å². The highest BCUT2D eigenvalue weighted by Gasteiger charge is 2.23. The van der Waals surface area contributed by atoms with Crippen molar-refractivity contribution in [3.8, 4) is 0 Å². The highest BCUT2D eigenvalue weighted by atomic mass is 16.5. The number of carboxylic acids is 4. The fourth-order valence-corrected chi connectivity index (χ4v) is 3.39. The Hall–Kier alpha value is -4.31. The second-order valence-corrected chi connectivity index (χ2v) is 7.85. The van der Waals surface area contributed by atoms with Crippen LogP contribution < -0.4 is 5.32 Å². The molecule has 0 bridgehead atoms. The van der Waals surface area contributed by atoms with Gasteiger partial charge in [-0.25, -0.2) is 29.1 Å². The first kappa shape index (κ1) is 32.7. The molecule has 2 aromatic heterocycles. The van der Waals surface area contributed by atoms with Crippen molar-refractivity contribution in [2.24, 2.45) is 0 Å². The number of pyridine rings is 1. The number of nitrogens with zero attached hydrogens (tertiary/aromatic N) is 4. The molecule has 0 atom stereocenters. The van der Waals surface area contributed by atoms with Gasteiger partial charge in [-0.1, -0.05) is 0 Å². The van der Waals surface area contributed by atoms with Gasteiger partial charge in [0.2, 0.25) is 5.95 Å². The molecule has 1 aliphatic heterocycles. The van der Waals surface area contributed by atoms with Gasteiger partial charge < -0.3 is 35.2 Å². The van der Waals surface area contributed by atoms with Crippen LogP contribution in [0.5, 0.6) is 0 Å². The van der Waals surface area contributed by atoms with Crippen molar-refractivity contribution < 1.29 is 53.9 Å². The number of anilines is 1. The van der Waals surface area contributed by atoms with Gasteiger partial charge in [-0.15, -0.1) is 0 Å². The summed E-state index contributed by atoms with van der Waals surface area (Å²) in [5.74, 6) is -6.60. The van der Waals surface area contributed by atoms with E-state index >= 15 is 0 Å². The summed E-state index contributed by atoms with van der Waals surface area (Å²) in [7, 11) is 0. The van der Waals surface area contributed by atoms with Gasteiger partial charge in [0.25, 0.3) is 0 Å². The SMILES string of the molecule is CCOCCn1c(NC2CCN(CC(=O)OCC)CC2)nc2cccnc21.O=C(O)C(=O)O.O=C(O)C(=O)O. The molecule has 16 heteroatoms. The number of nitrogens with one attached hydrogen (secondary N) is 1. The molecule has 0 unspecified atom stereocenters. The highest BCUT2D eigenvalue weighted by molar-refractivity contribution is 6.27. The predicted molar refractivity (Wildman–Crippen MR) is 134 cm³/mol. The zero-order valence-electron chi connectivity index (χ0n) is 21.6. The van der Waals surface area contributed by atoms with E-state index in [4.69, 9.17) is 54.1 Å². The van der Waals surface area contributed by atoms with Gasteiger partial charge in [0.05, 0.1) is 26.3 Å². The normalized spacial score (nSPS) is 13.3. The van der Waals surface area contributed by atoms with Crippen LogP contribution in [0.1, 0.15) is 26.7 Å². The molecule has 3 rings (SSSR count). The third kappa shape index (κ3) is 12.2. The zero-order chi connectivity index (χ0) is 29.4. The second kappa shape index (κ2) is 17.2. The Morgan fingerprint density at radius 1 is 0.974 bits per heavy atom. The first-order valence-electron chi connectivity index (χ1n) is 12.0. The van der Waals surface area contributed by atoms with E-state index in [0.29, 0.717) is 39.0 Å². The third-order valence-electron chi connectivity index (χ3n) is 5.11. The minimum atomic E-state index is -1.82. The van der Waals surface area contributed by atoms with Crippen molar-refractivity contribution in [2.75, 3.05) is 44.8 Å². The van der Waals surface area contributed by atoms with Gasteiger partial charge in [-0.05, 0) is 38.8 Å². The van der Waals surface area contributed by atoms with Crippen LogP contribution >= 0.6 is 0 Å². The highest BCUT2D eigenvalue weighted by Crippen LogP contribution is 2.21. The van der Waals surface area contributed by atoms with E-state index in [1.165, 1.54) is 0 Å². The molecule has 3 heterocycles. The van der Waals surface area contributed by atoms with Crippen LogP contribution in [0.25, 0.3) is 11.2 Å². The van der Waals surface area contributed by atoms with Gasteiger partial charge >= 0.3 is 29.8 Å². The molecule has 1 fully saturated rings. The van der Waals surface area contributed by atoms with Crippen LogP contribution in [0.4, 0.5) is 5.95 Å². The van der Waals surface area contributed by atoms with Crippen LogP contribution in [0.2, 0.25) is 0 Å².